The topological polar surface area (TPSA) is 184 Å². The molecule has 1 aliphatic carbocycles. The number of nitrogens with one attached hydrogen (secondary N) is 4. The Morgan fingerprint density at radius 1 is 1.14 bits per heavy atom. The Morgan fingerprint density at radius 2 is 1.90 bits per heavy atom. The molecule has 1 aromatic heterocycles. The van der Waals surface area contributed by atoms with Gasteiger partial charge in [-0.3, -0.25) is 28.7 Å². The van der Waals surface area contributed by atoms with Gasteiger partial charge in [0.15, 0.2) is 5.78 Å². The lowest BCUT2D eigenvalue weighted by Gasteiger charge is -2.26. The second-order valence-corrected chi connectivity index (χ2v) is 14.0. The van der Waals surface area contributed by atoms with Crippen LogP contribution in [0.15, 0.2) is 65.6 Å². The number of amides is 4. The van der Waals surface area contributed by atoms with E-state index in [9.17, 15) is 33.0 Å². The van der Waals surface area contributed by atoms with Crippen LogP contribution < -0.4 is 20.9 Å². The maximum absolute atomic E-state index is 13.0. The minimum absolute atomic E-state index is 0.0434. The predicted molar refractivity (Wildman–Crippen MR) is 198 cm³/mol. The zero-order valence-corrected chi connectivity index (χ0v) is 30.4. The number of nitrogens with zero attached hydrogens (tertiary/aromatic N) is 1. The fourth-order valence-electron chi connectivity index (χ4n) is 5.15. The van der Waals surface area contributed by atoms with Gasteiger partial charge in [0.25, 0.3) is 11.5 Å². The van der Waals surface area contributed by atoms with Gasteiger partial charge in [-0.25, -0.2) is 9.00 Å². The fourth-order valence-corrected chi connectivity index (χ4v) is 6.23. The summed E-state index contributed by atoms with van der Waals surface area (Å²) in [6.07, 6.45) is 12.4. The van der Waals surface area contributed by atoms with Gasteiger partial charge in [0.2, 0.25) is 11.8 Å². The van der Waals surface area contributed by atoms with Gasteiger partial charge in [-0.05, 0) is 88.0 Å². The number of pyridine rings is 1. The van der Waals surface area contributed by atoms with Crippen LogP contribution in [0.3, 0.4) is 0 Å². The summed E-state index contributed by atoms with van der Waals surface area (Å²) < 4.78 is 19.7. The predicted octanol–water partition coefficient (Wildman–Crippen LogP) is 3.97. The molecule has 3 atom stereocenters. The summed E-state index contributed by atoms with van der Waals surface area (Å²) in [5, 5.41) is 6.52. The van der Waals surface area contributed by atoms with Crippen LogP contribution in [0.5, 0.6) is 0 Å². The minimum atomic E-state index is -1.49. The maximum Gasteiger partial charge on any atom is 0.407 e. The highest BCUT2D eigenvalue weighted by Crippen LogP contribution is 2.25. The average Bonchev–Trinajstić information content (AvgIpc) is 3.84. The first kappa shape index (κ1) is 40.6. The number of aromatic amines is 1. The van der Waals surface area contributed by atoms with Crippen molar-refractivity contribution in [3.8, 4) is 0 Å². The molecule has 2 heterocycles. The Morgan fingerprint density at radius 3 is 2.57 bits per heavy atom. The summed E-state index contributed by atoms with van der Waals surface area (Å²) in [5.41, 5.74) is 1.83. The number of aromatic nitrogens is 1. The Labute approximate surface area is 300 Å². The van der Waals surface area contributed by atoms with Crippen LogP contribution >= 0.6 is 0 Å². The monoisotopic (exact) mass is 723 g/mol. The molecule has 1 saturated carbocycles. The Bertz CT molecular complexity index is 1710. The van der Waals surface area contributed by atoms with Crippen LogP contribution in [0.25, 0.3) is 16.8 Å². The molecule has 4 rings (SSSR count). The number of ketones is 1. The van der Waals surface area contributed by atoms with E-state index in [1.54, 1.807) is 12.3 Å². The number of fused-ring (bicyclic) bond motifs is 1. The first-order chi connectivity index (χ1) is 24.4. The molecule has 2 aliphatic rings. The van der Waals surface area contributed by atoms with E-state index < -0.39 is 46.9 Å². The summed E-state index contributed by atoms with van der Waals surface area (Å²) >= 11 is 0. The number of ether oxygens (including phenoxy) is 1. The van der Waals surface area contributed by atoms with Crippen LogP contribution in [0.4, 0.5) is 4.79 Å². The second-order valence-electron chi connectivity index (χ2n) is 12.5. The highest BCUT2D eigenvalue weighted by Gasteiger charge is 2.36. The third kappa shape index (κ3) is 13.8. The van der Waals surface area contributed by atoms with Gasteiger partial charge in [-0.15, -0.1) is 6.58 Å². The molecule has 4 N–H and O–H groups in total. The molecule has 4 amide bonds. The lowest BCUT2D eigenvalue weighted by atomic mass is 10.1. The summed E-state index contributed by atoms with van der Waals surface area (Å²) in [4.78, 5) is 77.0. The first-order valence-electron chi connectivity index (χ1n) is 17.2. The molecule has 14 heteroatoms. The van der Waals surface area contributed by atoms with Gasteiger partial charge in [-0.2, -0.15) is 0 Å². The molecule has 276 valence electrons. The molecule has 2 fully saturated rings. The number of allylic oxidation sites excluding steroid dienone is 3. The van der Waals surface area contributed by atoms with E-state index in [1.807, 2.05) is 57.2 Å². The SMILES string of the molecule is C=CCC(NC(=O)C1CCCN1C(=O)CNC(=O)OCCC/C=C/c1ccc2cc[nH]c(=O)c2c1)C(=O)NS(=O)C1CC1.CCC(=O)C=C(C)C. The number of carbonyl (C=O) groups is 5. The van der Waals surface area contributed by atoms with Crippen LogP contribution in [-0.4, -0.2) is 80.7 Å². The standard InChI is InChI=1S/C30H37N5O7S.C7H12O/c1-2-7-24(28(38)34-43(41)22-12-13-22)33-29(39)25-9-6-16-35(25)26(36)19-32-30(40)42-17-5-3-4-8-20-10-11-21-14-15-31-27(37)23(21)18-20;1-4-7(8)5-6(2)3/h2,4,8,10-11,14-15,18,22,24-25H,1,3,5-7,9,12-13,16-17,19H2,(H,31,37)(H,32,40)(H,33,39)(H,34,38);5H,4H2,1-3H3/b8-4+;. The highest BCUT2D eigenvalue weighted by molar-refractivity contribution is 7.84. The van der Waals surface area contributed by atoms with Crippen molar-refractivity contribution in [3.63, 3.8) is 0 Å². The lowest BCUT2D eigenvalue weighted by Crippen LogP contribution is -2.54. The number of likely N-dealkylation sites (tertiary alicyclic amines) is 1. The molecule has 1 saturated heterocycles. The number of unbranched alkanes of at least 4 members (excludes halogenated alkanes) is 1. The van der Waals surface area contributed by atoms with E-state index in [1.165, 1.54) is 11.0 Å². The normalized spacial score (nSPS) is 16.3. The number of benzene rings is 1. The van der Waals surface area contributed by atoms with E-state index in [2.05, 4.69) is 26.9 Å². The van der Waals surface area contributed by atoms with Crippen LogP contribution in [0.2, 0.25) is 0 Å². The lowest BCUT2D eigenvalue weighted by molar-refractivity contribution is -0.138. The molecule has 0 bridgehead atoms. The van der Waals surface area contributed by atoms with Crippen molar-refractivity contribution >= 4 is 57.4 Å². The zero-order chi connectivity index (χ0) is 37.3. The third-order valence-corrected chi connectivity index (χ3v) is 9.46. The Kier molecular flexibility index (Phi) is 16.5. The maximum atomic E-state index is 13.0. The van der Waals surface area contributed by atoms with Crippen LogP contribution in [-0.2, 0) is 34.9 Å². The molecule has 1 aliphatic heterocycles. The highest BCUT2D eigenvalue weighted by atomic mass is 32.2. The van der Waals surface area contributed by atoms with Crippen LogP contribution in [0, 0.1) is 0 Å². The molecule has 0 spiro atoms. The number of hydrogen-bond acceptors (Lipinski definition) is 8. The Balaban J connectivity index is 0.000000783. The van der Waals surface area contributed by atoms with Gasteiger partial charge < -0.3 is 25.3 Å². The molecule has 1 aromatic carbocycles. The summed E-state index contributed by atoms with van der Waals surface area (Å²) in [6.45, 7) is 9.49. The molecular weight excluding hydrogens is 675 g/mol. The van der Waals surface area contributed by atoms with Gasteiger partial charge in [0.1, 0.15) is 29.6 Å². The smallest absolute Gasteiger partial charge is 0.407 e. The Hall–Kier alpha value is -4.85. The van der Waals surface area contributed by atoms with Gasteiger partial charge in [-0.1, -0.05) is 42.9 Å². The number of carbonyl (C=O) groups excluding carboxylic acids is 5. The van der Waals surface area contributed by atoms with Crippen molar-refractivity contribution in [1.82, 2.24) is 25.2 Å². The summed E-state index contributed by atoms with van der Waals surface area (Å²) in [5.74, 6) is -1.27. The van der Waals surface area contributed by atoms with Crippen molar-refractivity contribution < 1.29 is 32.9 Å². The molecule has 3 unspecified atom stereocenters. The van der Waals surface area contributed by atoms with Crippen molar-refractivity contribution in [2.75, 3.05) is 19.7 Å². The molecule has 13 nitrogen and oxygen atoms in total. The average molecular weight is 724 g/mol. The minimum Gasteiger partial charge on any atom is -0.450 e. The summed E-state index contributed by atoms with van der Waals surface area (Å²) in [7, 11) is -1.49. The number of rotatable bonds is 16. The van der Waals surface area contributed by atoms with Crippen molar-refractivity contribution in [3.05, 3.63) is 76.8 Å². The van der Waals surface area contributed by atoms with Crippen molar-refractivity contribution in [2.45, 2.75) is 89.5 Å². The largest absolute Gasteiger partial charge is 0.450 e. The van der Waals surface area contributed by atoms with Crippen molar-refractivity contribution in [1.29, 1.82) is 0 Å². The number of alkyl carbamates (subject to hydrolysis) is 1. The molecule has 0 radical (unpaired) electrons. The quantitative estimate of drug-likeness (QED) is 0.114. The first-order valence-corrected chi connectivity index (χ1v) is 18.4. The zero-order valence-electron chi connectivity index (χ0n) is 29.5. The van der Waals surface area contributed by atoms with Gasteiger partial charge >= 0.3 is 6.09 Å². The molecule has 51 heavy (non-hydrogen) atoms. The van der Waals surface area contributed by atoms with E-state index >= 15 is 0 Å². The van der Waals surface area contributed by atoms with E-state index in [4.69, 9.17) is 4.74 Å². The van der Waals surface area contributed by atoms with E-state index in [0.29, 0.717) is 44.0 Å². The van der Waals surface area contributed by atoms with E-state index in [-0.39, 0.29) is 36.2 Å². The molecule has 2 aromatic rings. The molecular formula is C37H49N5O8S. The third-order valence-electron chi connectivity index (χ3n) is 7.98. The van der Waals surface area contributed by atoms with Gasteiger partial charge in [0.05, 0.1) is 11.9 Å². The van der Waals surface area contributed by atoms with E-state index in [0.717, 1.165) is 29.4 Å². The number of hydrogen-bond donors (Lipinski definition) is 4. The fraction of sp³-hybridized carbons (Fsp3) is 0.459. The van der Waals surface area contributed by atoms with Crippen molar-refractivity contribution in [2.24, 2.45) is 0 Å². The van der Waals surface area contributed by atoms with Gasteiger partial charge in [0, 0.05) is 24.5 Å². The second kappa shape index (κ2) is 20.7. The number of H-pyrrole nitrogens is 1. The summed E-state index contributed by atoms with van der Waals surface area (Å²) in [6, 6.07) is 5.72. The van der Waals surface area contributed by atoms with Crippen LogP contribution in [0.1, 0.15) is 77.7 Å².